The monoisotopic (exact) mass is 260 g/mol. The third-order valence-corrected chi connectivity index (χ3v) is 3.30. The van der Waals surface area contributed by atoms with E-state index >= 15 is 0 Å². The Morgan fingerprint density at radius 1 is 1.53 bits per heavy atom. The van der Waals surface area contributed by atoms with Gasteiger partial charge in [0.2, 0.25) is 0 Å². The van der Waals surface area contributed by atoms with E-state index in [4.69, 9.17) is 9.84 Å². The van der Waals surface area contributed by atoms with Crippen LogP contribution in [0.25, 0.3) is 0 Å². The summed E-state index contributed by atoms with van der Waals surface area (Å²) >= 11 is 0. The molecule has 2 rings (SSSR count). The fourth-order valence-corrected chi connectivity index (χ4v) is 2.30. The van der Waals surface area contributed by atoms with E-state index in [1.54, 1.807) is 6.07 Å². The zero-order chi connectivity index (χ0) is 14.0. The number of carbonyl (C=O) groups is 1. The van der Waals surface area contributed by atoms with Crippen molar-refractivity contribution in [2.45, 2.75) is 19.4 Å². The van der Waals surface area contributed by atoms with Crippen molar-refractivity contribution in [1.29, 1.82) is 5.26 Å². The Bertz CT molecular complexity index is 546. The minimum Gasteiger partial charge on any atom is -0.478 e. The number of carboxylic acids is 1. The number of nitriles is 1. The van der Waals surface area contributed by atoms with Crippen LogP contribution in [0.1, 0.15) is 29.8 Å². The van der Waals surface area contributed by atoms with Crippen molar-refractivity contribution in [3.05, 3.63) is 29.3 Å². The van der Waals surface area contributed by atoms with E-state index in [2.05, 4.69) is 11.0 Å². The number of hydrogen-bond acceptors (Lipinski definition) is 4. The highest BCUT2D eigenvalue weighted by molar-refractivity contribution is 5.89. The average Bonchev–Trinajstić information content (AvgIpc) is 2.37. The lowest BCUT2D eigenvalue weighted by molar-refractivity contribution is 0.0643. The summed E-state index contributed by atoms with van der Waals surface area (Å²) in [5.74, 6) is -1.02. The van der Waals surface area contributed by atoms with Gasteiger partial charge in [0.1, 0.15) is 6.07 Å². The quantitative estimate of drug-likeness (QED) is 0.878. The molecule has 1 aliphatic rings. The standard InChI is InChI=1S/C14H16N2O3/c1-14(2)9-19-6-5-16(14)12-4-3-10(13(17)18)7-11(12)8-15/h3-4,7H,5-6,9H2,1-2H3,(H,17,18). The number of carboxylic acid groups (broad SMARTS) is 1. The van der Waals surface area contributed by atoms with Gasteiger partial charge in [-0.1, -0.05) is 0 Å². The molecule has 1 aromatic carbocycles. The molecule has 1 fully saturated rings. The fraction of sp³-hybridized carbons (Fsp3) is 0.429. The first-order valence-electron chi connectivity index (χ1n) is 6.08. The first kappa shape index (κ1) is 13.4. The van der Waals surface area contributed by atoms with Crippen molar-refractivity contribution in [3.8, 4) is 6.07 Å². The molecule has 0 bridgehead atoms. The van der Waals surface area contributed by atoms with Crippen molar-refractivity contribution in [1.82, 2.24) is 0 Å². The Balaban J connectivity index is 2.45. The van der Waals surface area contributed by atoms with Gasteiger partial charge in [0, 0.05) is 6.54 Å². The number of rotatable bonds is 2. The minimum atomic E-state index is -1.02. The molecule has 1 saturated heterocycles. The topological polar surface area (TPSA) is 73.6 Å². The lowest BCUT2D eigenvalue weighted by atomic mass is 9.99. The van der Waals surface area contributed by atoms with E-state index in [0.717, 1.165) is 5.69 Å². The molecule has 0 unspecified atom stereocenters. The zero-order valence-electron chi connectivity index (χ0n) is 11.0. The predicted molar refractivity (Wildman–Crippen MR) is 70.4 cm³/mol. The second-order valence-corrected chi connectivity index (χ2v) is 5.17. The first-order chi connectivity index (χ1) is 8.95. The predicted octanol–water partition coefficient (Wildman–Crippen LogP) is 1.87. The molecule has 0 amide bonds. The molecule has 1 heterocycles. The highest BCUT2D eigenvalue weighted by Gasteiger charge is 2.32. The molecular formula is C14H16N2O3. The maximum Gasteiger partial charge on any atom is 0.335 e. The molecule has 5 heteroatoms. The van der Waals surface area contributed by atoms with Gasteiger partial charge >= 0.3 is 5.97 Å². The second-order valence-electron chi connectivity index (χ2n) is 5.17. The van der Waals surface area contributed by atoms with Gasteiger partial charge in [0.25, 0.3) is 0 Å². The molecule has 5 nitrogen and oxygen atoms in total. The summed E-state index contributed by atoms with van der Waals surface area (Å²) in [4.78, 5) is 13.0. The maximum atomic E-state index is 10.9. The Labute approximate surface area is 112 Å². The fourth-order valence-electron chi connectivity index (χ4n) is 2.30. The summed E-state index contributed by atoms with van der Waals surface area (Å²) in [7, 11) is 0. The Kier molecular flexibility index (Phi) is 3.45. The van der Waals surface area contributed by atoms with Crippen LogP contribution in [0.5, 0.6) is 0 Å². The molecule has 0 aliphatic carbocycles. The average molecular weight is 260 g/mol. The van der Waals surface area contributed by atoms with Gasteiger partial charge in [-0.3, -0.25) is 0 Å². The number of anilines is 1. The summed E-state index contributed by atoms with van der Waals surface area (Å²) in [6, 6.07) is 6.74. The minimum absolute atomic E-state index is 0.131. The summed E-state index contributed by atoms with van der Waals surface area (Å²) in [6.07, 6.45) is 0. The second kappa shape index (κ2) is 4.90. The Morgan fingerprint density at radius 2 is 2.26 bits per heavy atom. The molecule has 0 saturated carbocycles. The van der Waals surface area contributed by atoms with Gasteiger partial charge in [0.05, 0.1) is 35.6 Å². The first-order valence-corrected chi connectivity index (χ1v) is 6.08. The highest BCUT2D eigenvalue weighted by atomic mass is 16.5. The Hall–Kier alpha value is -2.06. The van der Waals surface area contributed by atoms with Crippen LogP contribution >= 0.6 is 0 Å². The number of hydrogen-bond donors (Lipinski definition) is 1. The summed E-state index contributed by atoms with van der Waals surface area (Å²) < 4.78 is 5.45. The van der Waals surface area contributed by atoms with Crippen LogP contribution in [0, 0.1) is 11.3 Å². The highest BCUT2D eigenvalue weighted by Crippen LogP contribution is 2.30. The molecule has 100 valence electrons. The van der Waals surface area contributed by atoms with E-state index in [9.17, 15) is 10.1 Å². The van der Waals surface area contributed by atoms with Crippen LogP contribution in [-0.2, 0) is 4.74 Å². The normalized spacial score (nSPS) is 17.8. The molecule has 0 radical (unpaired) electrons. The molecule has 19 heavy (non-hydrogen) atoms. The van der Waals surface area contributed by atoms with E-state index in [-0.39, 0.29) is 11.1 Å². The van der Waals surface area contributed by atoms with Crippen LogP contribution < -0.4 is 4.90 Å². The van der Waals surface area contributed by atoms with Crippen molar-refractivity contribution in [2.24, 2.45) is 0 Å². The van der Waals surface area contributed by atoms with E-state index in [1.807, 2.05) is 13.8 Å². The molecular weight excluding hydrogens is 244 g/mol. The molecule has 1 aromatic rings. The van der Waals surface area contributed by atoms with Crippen LogP contribution in [0.4, 0.5) is 5.69 Å². The van der Waals surface area contributed by atoms with E-state index in [1.165, 1.54) is 12.1 Å². The molecule has 0 aromatic heterocycles. The molecule has 0 atom stereocenters. The zero-order valence-corrected chi connectivity index (χ0v) is 11.0. The summed E-state index contributed by atoms with van der Waals surface area (Å²) in [6.45, 7) is 5.96. The van der Waals surface area contributed by atoms with Crippen LogP contribution in [-0.4, -0.2) is 36.4 Å². The van der Waals surface area contributed by atoms with Crippen molar-refractivity contribution in [2.75, 3.05) is 24.7 Å². The maximum absolute atomic E-state index is 10.9. The lowest BCUT2D eigenvalue weighted by Crippen LogP contribution is -2.53. The largest absolute Gasteiger partial charge is 0.478 e. The van der Waals surface area contributed by atoms with E-state index in [0.29, 0.717) is 25.3 Å². The van der Waals surface area contributed by atoms with Crippen molar-refractivity contribution >= 4 is 11.7 Å². The molecule has 1 N–H and O–H groups in total. The van der Waals surface area contributed by atoms with Gasteiger partial charge in [0.15, 0.2) is 0 Å². The third-order valence-electron chi connectivity index (χ3n) is 3.30. The number of nitrogens with zero attached hydrogens (tertiary/aromatic N) is 2. The van der Waals surface area contributed by atoms with Crippen molar-refractivity contribution < 1.29 is 14.6 Å². The van der Waals surface area contributed by atoms with Gasteiger partial charge in [-0.2, -0.15) is 5.26 Å². The van der Waals surface area contributed by atoms with Gasteiger partial charge in [-0.15, -0.1) is 0 Å². The number of aromatic carboxylic acids is 1. The van der Waals surface area contributed by atoms with E-state index < -0.39 is 5.97 Å². The van der Waals surface area contributed by atoms with Gasteiger partial charge in [-0.05, 0) is 32.0 Å². The van der Waals surface area contributed by atoms with Crippen molar-refractivity contribution in [3.63, 3.8) is 0 Å². The van der Waals surface area contributed by atoms with Gasteiger partial charge < -0.3 is 14.7 Å². The van der Waals surface area contributed by atoms with Crippen LogP contribution in [0.2, 0.25) is 0 Å². The molecule has 1 aliphatic heterocycles. The summed E-state index contributed by atoms with van der Waals surface area (Å²) in [5, 5.41) is 18.2. The van der Waals surface area contributed by atoms with Gasteiger partial charge in [-0.25, -0.2) is 4.79 Å². The number of ether oxygens (including phenoxy) is 1. The lowest BCUT2D eigenvalue weighted by Gasteiger charge is -2.44. The third kappa shape index (κ3) is 2.54. The smallest absolute Gasteiger partial charge is 0.335 e. The van der Waals surface area contributed by atoms with Crippen LogP contribution in [0.15, 0.2) is 18.2 Å². The Morgan fingerprint density at radius 3 is 2.84 bits per heavy atom. The number of morpholine rings is 1. The van der Waals surface area contributed by atoms with Crippen LogP contribution in [0.3, 0.4) is 0 Å². The number of benzene rings is 1. The SMILES string of the molecule is CC1(C)COCCN1c1ccc(C(=O)O)cc1C#N. The summed E-state index contributed by atoms with van der Waals surface area (Å²) in [5.41, 5.74) is 1.07. The molecule has 0 spiro atoms.